The Balaban J connectivity index is 1.33. The number of aromatic nitrogens is 1. The molecule has 2 aromatic heterocycles. The quantitative estimate of drug-likeness (QED) is 0.421. The van der Waals surface area contributed by atoms with Crippen molar-refractivity contribution in [1.29, 1.82) is 0 Å². The lowest BCUT2D eigenvalue weighted by atomic mass is 9.91. The minimum atomic E-state index is -0.289. The van der Waals surface area contributed by atoms with E-state index in [1.165, 1.54) is 46.2 Å². The fourth-order valence-corrected chi connectivity index (χ4v) is 5.11. The van der Waals surface area contributed by atoms with Crippen molar-refractivity contribution in [2.75, 3.05) is 17.7 Å². The molecule has 0 spiro atoms. The number of thiophene rings is 1. The second kappa shape index (κ2) is 8.88. The lowest BCUT2D eigenvalue weighted by Gasteiger charge is -2.15. The summed E-state index contributed by atoms with van der Waals surface area (Å²) in [6.07, 6.45) is 5.03. The predicted octanol–water partition coefficient (Wildman–Crippen LogP) is 5.42. The zero-order valence-electron chi connectivity index (χ0n) is 17.9. The molecule has 0 saturated heterocycles. The van der Waals surface area contributed by atoms with Crippen LogP contribution < -0.4 is 15.4 Å². The van der Waals surface area contributed by atoms with Gasteiger partial charge in [-0.05, 0) is 59.9 Å². The van der Waals surface area contributed by atoms with Gasteiger partial charge in [0.1, 0.15) is 5.75 Å². The summed E-state index contributed by atoms with van der Waals surface area (Å²) in [5.74, 6) is -0.00634. The summed E-state index contributed by atoms with van der Waals surface area (Å²) in [4.78, 5) is 31.2. The second-order valence-electron chi connectivity index (χ2n) is 7.69. The van der Waals surface area contributed by atoms with Gasteiger partial charge < -0.3 is 15.4 Å². The maximum absolute atomic E-state index is 13.0. The largest absolute Gasteiger partial charge is 0.494 e. The first kappa shape index (κ1) is 20.9. The Hall–Kier alpha value is -3.97. The highest BCUT2D eigenvalue weighted by molar-refractivity contribution is 7.17. The molecular weight excluding hydrogens is 434 g/mol. The molecule has 7 heteroatoms. The normalized spacial score (nSPS) is 11.8. The number of ether oxygens (including phenoxy) is 1. The number of methoxy groups -OCH3 is 1. The van der Waals surface area contributed by atoms with Crippen LogP contribution in [0.1, 0.15) is 31.2 Å². The van der Waals surface area contributed by atoms with Crippen LogP contribution in [0.2, 0.25) is 0 Å². The van der Waals surface area contributed by atoms with Gasteiger partial charge in [0.15, 0.2) is 0 Å². The smallest absolute Gasteiger partial charge is 0.265 e. The molecule has 6 nitrogen and oxygen atoms in total. The number of nitrogens with one attached hydrogen (secondary N) is 2. The van der Waals surface area contributed by atoms with Gasteiger partial charge in [-0.15, -0.1) is 11.3 Å². The van der Waals surface area contributed by atoms with E-state index in [2.05, 4.69) is 33.8 Å². The Kier molecular flexibility index (Phi) is 5.62. The standard InChI is InChI=1S/C26H21N3O3S/c1-32-22-14-19(10-11-21(22)29-25(30)18-6-4-12-27-15-18)28-26(31)23-13-17-9-8-16-5-2-3-7-20(16)24(17)33-23/h2-7,10-15H,8-9H2,1H3,(H,28,31)(H,29,30). The molecule has 164 valence electrons. The molecular formula is C26H21N3O3S. The van der Waals surface area contributed by atoms with E-state index >= 15 is 0 Å². The van der Waals surface area contributed by atoms with Crippen LogP contribution in [0.25, 0.3) is 10.4 Å². The lowest BCUT2D eigenvalue weighted by molar-refractivity contribution is 0.101. The molecule has 2 aromatic carbocycles. The maximum Gasteiger partial charge on any atom is 0.265 e. The molecule has 0 radical (unpaired) electrons. The minimum absolute atomic E-state index is 0.166. The number of anilines is 2. The third-order valence-electron chi connectivity index (χ3n) is 5.59. The van der Waals surface area contributed by atoms with E-state index in [1.54, 1.807) is 36.5 Å². The van der Waals surface area contributed by atoms with E-state index in [4.69, 9.17) is 4.74 Å². The van der Waals surface area contributed by atoms with Crippen molar-refractivity contribution in [3.05, 3.63) is 94.6 Å². The molecule has 33 heavy (non-hydrogen) atoms. The van der Waals surface area contributed by atoms with Crippen LogP contribution in [0.3, 0.4) is 0 Å². The molecule has 0 bridgehead atoms. The average Bonchev–Trinajstić information content (AvgIpc) is 3.31. The van der Waals surface area contributed by atoms with Crippen LogP contribution in [-0.4, -0.2) is 23.9 Å². The maximum atomic E-state index is 13.0. The van der Waals surface area contributed by atoms with Gasteiger partial charge in [-0.25, -0.2) is 0 Å². The molecule has 2 N–H and O–H groups in total. The average molecular weight is 456 g/mol. The Morgan fingerprint density at radius 2 is 1.79 bits per heavy atom. The van der Waals surface area contributed by atoms with Crippen LogP contribution in [0.5, 0.6) is 5.75 Å². The van der Waals surface area contributed by atoms with Gasteiger partial charge in [0.25, 0.3) is 11.8 Å². The number of carbonyl (C=O) groups excluding carboxylic acids is 2. The zero-order chi connectivity index (χ0) is 22.8. The summed E-state index contributed by atoms with van der Waals surface area (Å²) in [5, 5.41) is 5.76. The predicted molar refractivity (Wildman–Crippen MR) is 130 cm³/mol. The van der Waals surface area contributed by atoms with E-state index < -0.39 is 0 Å². The molecule has 0 fully saturated rings. The number of hydrogen-bond acceptors (Lipinski definition) is 5. The number of rotatable bonds is 5. The molecule has 0 atom stereocenters. The van der Waals surface area contributed by atoms with Crippen molar-refractivity contribution in [1.82, 2.24) is 4.98 Å². The third-order valence-corrected chi connectivity index (χ3v) is 6.80. The first-order chi connectivity index (χ1) is 16.1. The molecule has 2 heterocycles. The molecule has 0 aliphatic heterocycles. The number of fused-ring (bicyclic) bond motifs is 3. The molecule has 1 aliphatic rings. The van der Waals surface area contributed by atoms with E-state index in [1.807, 2.05) is 12.1 Å². The van der Waals surface area contributed by atoms with Gasteiger partial charge in [0.05, 0.1) is 23.2 Å². The highest BCUT2D eigenvalue weighted by Crippen LogP contribution is 2.39. The van der Waals surface area contributed by atoms with Crippen molar-refractivity contribution >= 4 is 34.5 Å². The van der Waals surface area contributed by atoms with Gasteiger partial charge in [-0.3, -0.25) is 14.6 Å². The molecule has 4 aromatic rings. The fraction of sp³-hybridized carbons (Fsp3) is 0.115. The van der Waals surface area contributed by atoms with Crippen LogP contribution >= 0.6 is 11.3 Å². The Labute approximate surface area is 195 Å². The van der Waals surface area contributed by atoms with Crippen LogP contribution in [0.4, 0.5) is 11.4 Å². The molecule has 5 rings (SSSR count). The van der Waals surface area contributed by atoms with Crippen molar-refractivity contribution in [3.63, 3.8) is 0 Å². The number of hydrogen-bond donors (Lipinski definition) is 2. The van der Waals surface area contributed by atoms with Crippen molar-refractivity contribution in [2.24, 2.45) is 0 Å². The topological polar surface area (TPSA) is 80.3 Å². The second-order valence-corrected chi connectivity index (χ2v) is 8.74. The summed E-state index contributed by atoms with van der Waals surface area (Å²) in [6, 6.07) is 18.9. The van der Waals surface area contributed by atoms with Gasteiger partial charge in [-0.1, -0.05) is 24.3 Å². The highest BCUT2D eigenvalue weighted by atomic mass is 32.1. The number of carbonyl (C=O) groups is 2. The van der Waals surface area contributed by atoms with Gasteiger partial charge >= 0.3 is 0 Å². The summed E-state index contributed by atoms with van der Waals surface area (Å²) in [6.45, 7) is 0. The Bertz CT molecular complexity index is 1350. The van der Waals surface area contributed by atoms with Gasteiger partial charge in [0.2, 0.25) is 0 Å². The molecule has 1 aliphatic carbocycles. The Morgan fingerprint density at radius 3 is 2.61 bits per heavy atom. The summed E-state index contributed by atoms with van der Waals surface area (Å²) in [5.41, 5.74) is 5.30. The number of aryl methyl sites for hydroxylation is 2. The first-order valence-corrected chi connectivity index (χ1v) is 11.4. The van der Waals surface area contributed by atoms with Gasteiger partial charge in [0, 0.05) is 29.0 Å². The van der Waals surface area contributed by atoms with Crippen molar-refractivity contribution in [2.45, 2.75) is 12.8 Å². The lowest BCUT2D eigenvalue weighted by Crippen LogP contribution is -2.14. The molecule has 0 saturated carbocycles. The number of amides is 2. The third kappa shape index (κ3) is 4.23. The van der Waals surface area contributed by atoms with Crippen LogP contribution in [-0.2, 0) is 12.8 Å². The van der Waals surface area contributed by atoms with Crippen LogP contribution in [0.15, 0.2) is 73.1 Å². The number of nitrogens with zero attached hydrogens (tertiary/aromatic N) is 1. The van der Waals surface area contributed by atoms with E-state index in [0.717, 1.165) is 12.8 Å². The summed E-state index contributed by atoms with van der Waals surface area (Å²) >= 11 is 1.52. The van der Waals surface area contributed by atoms with Crippen LogP contribution in [0, 0.1) is 0 Å². The molecule has 2 amide bonds. The first-order valence-electron chi connectivity index (χ1n) is 10.5. The van der Waals surface area contributed by atoms with Gasteiger partial charge in [-0.2, -0.15) is 0 Å². The summed E-state index contributed by atoms with van der Waals surface area (Å²) < 4.78 is 5.44. The van der Waals surface area contributed by atoms with E-state index in [9.17, 15) is 9.59 Å². The monoisotopic (exact) mass is 455 g/mol. The summed E-state index contributed by atoms with van der Waals surface area (Å²) in [7, 11) is 1.52. The molecule has 0 unspecified atom stereocenters. The van der Waals surface area contributed by atoms with E-state index in [0.29, 0.717) is 27.6 Å². The minimum Gasteiger partial charge on any atom is -0.494 e. The zero-order valence-corrected chi connectivity index (χ0v) is 18.7. The van der Waals surface area contributed by atoms with E-state index in [-0.39, 0.29) is 11.8 Å². The SMILES string of the molecule is COc1cc(NC(=O)c2cc3c(s2)-c2ccccc2CC3)ccc1NC(=O)c1cccnc1. The highest BCUT2D eigenvalue weighted by Gasteiger charge is 2.21. The fourth-order valence-electron chi connectivity index (χ4n) is 3.94. The van der Waals surface area contributed by atoms with Crippen molar-refractivity contribution in [3.8, 4) is 16.2 Å². The Morgan fingerprint density at radius 1 is 0.939 bits per heavy atom. The number of benzene rings is 2. The number of pyridine rings is 1. The van der Waals surface area contributed by atoms with Crippen molar-refractivity contribution < 1.29 is 14.3 Å².